The van der Waals surface area contributed by atoms with Gasteiger partial charge in [0.25, 0.3) is 0 Å². The highest BCUT2D eigenvalue weighted by Crippen LogP contribution is 2.30. The third kappa shape index (κ3) is 3.47. The fraction of sp³-hybridized carbons (Fsp3) is 0.160. The minimum atomic E-state index is 0.317. The molecule has 0 amide bonds. The maximum atomic E-state index is 4.92. The number of anilines is 1. The lowest BCUT2D eigenvalue weighted by molar-refractivity contribution is 0.898. The van der Waals surface area contributed by atoms with Crippen molar-refractivity contribution in [1.82, 2.24) is 39.7 Å². The van der Waals surface area contributed by atoms with Crippen LogP contribution in [0.3, 0.4) is 0 Å². The third-order valence-corrected chi connectivity index (χ3v) is 5.60. The van der Waals surface area contributed by atoms with E-state index in [1.54, 1.807) is 6.33 Å². The largest absolute Gasteiger partial charge is 0.382 e. The average Bonchev–Trinajstić information content (AvgIpc) is 3.55. The molecule has 0 atom stereocenters. The van der Waals surface area contributed by atoms with Crippen LogP contribution >= 0.6 is 0 Å². The van der Waals surface area contributed by atoms with Gasteiger partial charge in [0, 0.05) is 30.2 Å². The van der Waals surface area contributed by atoms with Crippen molar-refractivity contribution < 1.29 is 0 Å². The van der Waals surface area contributed by atoms with Crippen molar-refractivity contribution in [3.63, 3.8) is 0 Å². The number of aromatic amines is 2. The van der Waals surface area contributed by atoms with Crippen molar-refractivity contribution in [2.24, 2.45) is 0 Å². The lowest BCUT2D eigenvalue weighted by atomic mass is 10.1. The maximum absolute atomic E-state index is 4.92. The van der Waals surface area contributed by atoms with Crippen LogP contribution in [0.2, 0.25) is 0 Å². The lowest BCUT2D eigenvalue weighted by Gasteiger charge is -2.10. The second-order valence-corrected chi connectivity index (χ2v) is 8.61. The molecule has 0 spiro atoms. The fourth-order valence-electron chi connectivity index (χ4n) is 4.11. The van der Waals surface area contributed by atoms with Crippen LogP contribution in [0.4, 0.5) is 5.69 Å². The number of pyridine rings is 2. The zero-order chi connectivity index (χ0) is 23.2. The number of benzene rings is 1. The number of imidazole rings is 2. The summed E-state index contributed by atoms with van der Waals surface area (Å²) < 4.78 is 1.98. The molecule has 5 aromatic heterocycles. The highest BCUT2D eigenvalue weighted by molar-refractivity contribution is 5.93. The number of nitrogens with one attached hydrogen (secondary N) is 3. The molecule has 0 saturated carbocycles. The Morgan fingerprint density at radius 3 is 2.74 bits per heavy atom. The number of aryl methyl sites for hydroxylation is 1. The maximum Gasteiger partial charge on any atom is 0.161 e. The Hall–Kier alpha value is -4.53. The van der Waals surface area contributed by atoms with Gasteiger partial charge >= 0.3 is 0 Å². The van der Waals surface area contributed by atoms with E-state index in [1.165, 1.54) is 0 Å². The molecular weight excluding hydrogens is 426 g/mol. The van der Waals surface area contributed by atoms with Crippen LogP contribution < -0.4 is 5.32 Å². The predicted molar refractivity (Wildman–Crippen MR) is 133 cm³/mol. The Kier molecular flexibility index (Phi) is 4.61. The van der Waals surface area contributed by atoms with E-state index in [4.69, 9.17) is 9.97 Å². The molecule has 0 saturated heterocycles. The van der Waals surface area contributed by atoms with E-state index in [2.05, 4.69) is 50.4 Å². The normalized spacial score (nSPS) is 11.6. The first-order chi connectivity index (χ1) is 16.5. The summed E-state index contributed by atoms with van der Waals surface area (Å²) >= 11 is 0. The van der Waals surface area contributed by atoms with E-state index in [-0.39, 0.29) is 0 Å². The topological polar surface area (TPSA) is 113 Å². The Balaban J connectivity index is 1.45. The van der Waals surface area contributed by atoms with E-state index in [0.29, 0.717) is 17.6 Å². The van der Waals surface area contributed by atoms with E-state index in [9.17, 15) is 0 Å². The van der Waals surface area contributed by atoms with E-state index >= 15 is 0 Å². The van der Waals surface area contributed by atoms with Crippen LogP contribution in [-0.2, 0) is 0 Å². The van der Waals surface area contributed by atoms with Gasteiger partial charge in [0.1, 0.15) is 11.0 Å². The minimum absolute atomic E-state index is 0.317. The van der Waals surface area contributed by atoms with Crippen LogP contribution in [0.1, 0.15) is 19.5 Å². The third-order valence-electron chi connectivity index (χ3n) is 5.60. The molecule has 0 fully saturated rings. The Labute approximate surface area is 195 Å². The number of fused-ring (bicyclic) bond motifs is 2. The number of H-pyrrole nitrogens is 2. The molecule has 6 aromatic rings. The molecule has 0 aliphatic heterocycles. The minimum Gasteiger partial charge on any atom is -0.382 e. The summed E-state index contributed by atoms with van der Waals surface area (Å²) in [6.07, 6.45) is 7.42. The van der Waals surface area contributed by atoms with Gasteiger partial charge in [-0.05, 0) is 51.1 Å². The molecule has 9 nitrogen and oxygen atoms in total. The monoisotopic (exact) mass is 449 g/mol. The molecule has 1 aromatic carbocycles. The van der Waals surface area contributed by atoms with Crippen molar-refractivity contribution in [2.45, 2.75) is 26.8 Å². The number of para-hydroxylation sites is 1. The SMILES string of the molecule is Cc1cn(-c2cccc3[nH]c(-c4n[nH]c5ccc(-c6cncc(NC(C)C)c6)nc45)nc23)cn1. The van der Waals surface area contributed by atoms with Gasteiger partial charge in [-0.2, -0.15) is 5.10 Å². The summed E-state index contributed by atoms with van der Waals surface area (Å²) in [7, 11) is 0. The van der Waals surface area contributed by atoms with Gasteiger partial charge < -0.3 is 14.9 Å². The average molecular weight is 450 g/mol. The van der Waals surface area contributed by atoms with Gasteiger partial charge in [-0.1, -0.05) is 6.07 Å². The summed E-state index contributed by atoms with van der Waals surface area (Å²) in [6.45, 7) is 6.17. The molecule has 5 heterocycles. The standard InChI is InChI=1S/C25H23N9/c1-14(2)28-17-9-16(10-26-11-17)18-7-8-20-23(29-18)24(33-32-20)25-30-19-5-4-6-21(22(19)31-25)34-12-15(3)27-13-34/h4-14,28H,1-3H3,(H,30,31)(H,32,33). The molecule has 0 aliphatic carbocycles. The summed E-state index contributed by atoms with van der Waals surface area (Å²) in [6, 6.07) is 12.4. The molecule has 0 bridgehead atoms. The van der Waals surface area contributed by atoms with Gasteiger partial charge in [-0.3, -0.25) is 10.1 Å². The van der Waals surface area contributed by atoms with Crippen LogP contribution in [0.5, 0.6) is 0 Å². The van der Waals surface area contributed by atoms with Gasteiger partial charge in [-0.25, -0.2) is 15.0 Å². The van der Waals surface area contributed by atoms with Crippen molar-refractivity contribution in [2.75, 3.05) is 5.32 Å². The van der Waals surface area contributed by atoms with Crippen molar-refractivity contribution in [3.8, 4) is 28.5 Å². The molecule has 168 valence electrons. The predicted octanol–water partition coefficient (Wildman–Crippen LogP) is 4.88. The fourth-order valence-corrected chi connectivity index (χ4v) is 4.11. The van der Waals surface area contributed by atoms with Gasteiger partial charge in [0.15, 0.2) is 11.5 Å². The first-order valence-corrected chi connectivity index (χ1v) is 11.1. The number of nitrogens with zero attached hydrogens (tertiary/aromatic N) is 6. The summed E-state index contributed by atoms with van der Waals surface area (Å²) in [5.41, 5.74) is 8.64. The molecule has 0 unspecified atom stereocenters. The molecular formula is C25H23N9. The van der Waals surface area contributed by atoms with Gasteiger partial charge in [0.05, 0.1) is 40.1 Å². The van der Waals surface area contributed by atoms with E-state index in [1.807, 2.05) is 60.4 Å². The Bertz CT molecular complexity index is 1640. The smallest absolute Gasteiger partial charge is 0.161 e. The highest BCUT2D eigenvalue weighted by atomic mass is 15.2. The van der Waals surface area contributed by atoms with Crippen LogP contribution in [0, 0.1) is 6.92 Å². The second-order valence-electron chi connectivity index (χ2n) is 8.61. The molecule has 6 rings (SSSR count). The zero-order valence-corrected chi connectivity index (χ0v) is 19.0. The quantitative estimate of drug-likeness (QED) is 0.346. The number of rotatable bonds is 5. The first kappa shape index (κ1) is 20.1. The van der Waals surface area contributed by atoms with Crippen LogP contribution in [0.15, 0.2) is 61.3 Å². The summed E-state index contributed by atoms with van der Waals surface area (Å²) in [5.74, 6) is 0.656. The number of hydrogen-bond acceptors (Lipinski definition) is 6. The molecule has 9 heteroatoms. The Morgan fingerprint density at radius 1 is 1.00 bits per heavy atom. The van der Waals surface area contributed by atoms with Gasteiger partial charge in [-0.15, -0.1) is 0 Å². The van der Waals surface area contributed by atoms with Crippen molar-refractivity contribution >= 4 is 27.8 Å². The second kappa shape index (κ2) is 7.80. The highest BCUT2D eigenvalue weighted by Gasteiger charge is 2.17. The number of hydrogen-bond donors (Lipinski definition) is 3. The van der Waals surface area contributed by atoms with Crippen molar-refractivity contribution in [3.05, 3.63) is 67.0 Å². The molecule has 34 heavy (non-hydrogen) atoms. The Morgan fingerprint density at radius 2 is 1.91 bits per heavy atom. The lowest BCUT2D eigenvalue weighted by Crippen LogP contribution is -2.09. The number of aromatic nitrogens is 8. The summed E-state index contributed by atoms with van der Waals surface area (Å²) in [4.78, 5) is 21.9. The van der Waals surface area contributed by atoms with Crippen LogP contribution in [-0.4, -0.2) is 45.7 Å². The first-order valence-electron chi connectivity index (χ1n) is 11.1. The zero-order valence-electron chi connectivity index (χ0n) is 19.0. The molecule has 3 N–H and O–H groups in total. The van der Waals surface area contributed by atoms with E-state index in [0.717, 1.165) is 50.4 Å². The van der Waals surface area contributed by atoms with E-state index < -0.39 is 0 Å². The van der Waals surface area contributed by atoms with Crippen LogP contribution in [0.25, 0.3) is 50.5 Å². The molecule has 0 radical (unpaired) electrons. The summed E-state index contributed by atoms with van der Waals surface area (Å²) in [5, 5.41) is 11.0. The van der Waals surface area contributed by atoms with Gasteiger partial charge in [0.2, 0.25) is 0 Å². The molecule has 0 aliphatic rings. The van der Waals surface area contributed by atoms with Crippen molar-refractivity contribution in [1.29, 1.82) is 0 Å².